The van der Waals surface area contributed by atoms with Crippen LogP contribution in [0.5, 0.6) is 0 Å². The highest BCUT2D eigenvalue weighted by atomic mass is 16.5. The number of nitrogens with zero attached hydrogens (tertiary/aromatic N) is 2. The van der Waals surface area contributed by atoms with Gasteiger partial charge in [0.2, 0.25) is 0 Å². The van der Waals surface area contributed by atoms with Crippen molar-refractivity contribution in [3.05, 3.63) is 0 Å². The van der Waals surface area contributed by atoms with Gasteiger partial charge in [0.25, 0.3) is 0 Å². The minimum Gasteiger partial charge on any atom is -0.379 e. The average molecular weight is 341 g/mol. The molecule has 0 spiro atoms. The van der Waals surface area contributed by atoms with E-state index < -0.39 is 0 Å². The third kappa shape index (κ3) is 5.33. The first-order valence-corrected chi connectivity index (χ1v) is 9.25. The maximum absolute atomic E-state index is 5.95. The highest BCUT2D eigenvalue weighted by Gasteiger charge is 2.32. The van der Waals surface area contributed by atoms with Gasteiger partial charge in [-0.2, -0.15) is 0 Å². The summed E-state index contributed by atoms with van der Waals surface area (Å²) in [5.41, 5.74) is 0.0702. The van der Waals surface area contributed by atoms with Crippen molar-refractivity contribution in [3.63, 3.8) is 0 Å². The summed E-state index contributed by atoms with van der Waals surface area (Å²) < 4.78 is 17.4. The minimum atomic E-state index is 0.0702. The van der Waals surface area contributed by atoms with Gasteiger partial charge in [0.15, 0.2) is 5.96 Å². The van der Waals surface area contributed by atoms with Crippen molar-refractivity contribution in [2.45, 2.75) is 58.8 Å². The number of aliphatic imine (C=N–C) groups is 1. The average Bonchev–Trinajstić information content (AvgIpc) is 3.08. The van der Waals surface area contributed by atoms with Crippen LogP contribution in [0.2, 0.25) is 0 Å². The van der Waals surface area contributed by atoms with Gasteiger partial charge in [-0.05, 0) is 25.2 Å². The Morgan fingerprint density at radius 1 is 1.29 bits per heavy atom. The van der Waals surface area contributed by atoms with Crippen molar-refractivity contribution >= 4 is 5.96 Å². The Hall–Kier alpha value is -0.850. The fraction of sp³-hybridized carbons (Fsp3) is 0.944. The molecule has 2 saturated heterocycles. The maximum atomic E-state index is 5.95. The molecule has 24 heavy (non-hydrogen) atoms. The molecule has 6 nitrogen and oxygen atoms in total. The summed E-state index contributed by atoms with van der Waals surface area (Å²) in [4.78, 5) is 7.15. The van der Waals surface area contributed by atoms with E-state index in [9.17, 15) is 0 Å². The molecule has 0 aromatic rings. The van der Waals surface area contributed by atoms with Gasteiger partial charge in [-0.1, -0.05) is 20.8 Å². The second-order valence-electron chi connectivity index (χ2n) is 7.69. The van der Waals surface area contributed by atoms with E-state index in [0.717, 1.165) is 51.6 Å². The van der Waals surface area contributed by atoms with E-state index >= 15 is 0 Å². The van der Waals surface area contributed by atoms with Crippen LogP contribution in [0.15, 0.2) is 4.99 Å². The first kappa shape index (κ1) is 19.5. The number of methoxy groups -OCH3 is 1. The van der Waals surface area contributed by atoms with Gasteiger partial charge in [-0.25, -0.2) is 0 Å². The Kier molecular flexibility index (Phi) is 7.32. The quantitative estimate of drug-likeness (QED) is 0.611. The zero-order valence-electron chi connectivity index (χ0n) is 16.0. The lowest BCUT2D eigenvalue weighted by Crippen LogP contribution is -2.53. The second kappa shape index (κ2) is 9.02. The van der Waals surface area contributed by atoms with Crippen molar-refractivity contribution in [1.82, 2.24) is 10.2 Å². The van der Waals surface area contributed by atoms with Gasteiger partial charge < -0.3 is 24.4 Å². The molecule has 0 bridgehead atoms. The Morgan fingerprint density at radius 2 is 2.04 bits per heavy atom. The Labute approximate surface area is 146 Å². The first-order valence-electron chi connectivity index (χ1n) is 9.25. The third-order valence-electron chi connectivity index (χ3n) is 4.76. The maximum Gasteiger partial charge on any atom is 0.194 e. The van der Waals surface area contributed by atoms with Gasteiger partial charge >= 0.3 is 0 Å². The number of hydrogen-bond donors (Lipinski definition) is 1. The molecule has 0 amide bonds. The Morgan fingerprint density at radius 3 is 2.62 bits per heavy atom. The topological polar surface area (TPSA) is 55.3 Å². The molecule has 0 saturated carbocycles. The highest BCUT2D eigenvalue weighted by molar-refractivity contribution is 5.80. The van der Waals surface area contributed by atoms with Crippen LogP contribution in [0.25, 0.3) is 0 Å². The first-order chi connectivity index (χ1) is 11.5. The molecule has 0 radical (unpaired) electrons. The summed E-state index contributed by atoms with van der Waals surface area (Å²) in [6, 6.07) is 0. The van der Waals surface area contributed by atoms with E-state index in [0.29, 0.717) is 6.54 Å². The van der Waals surface area contributed by atoms with Gasteiger partial charge in [0.1, 0.15) is 6.10 Å². The summed E-state index contributed by atoms with van der Waals surface area (Å²) in [6.45, 7) is 13.5. The van der Waals surface area contributed by atoms with Crippen LogP contribution in [0.4, 0.5) is 0 Å². The largest absolute Gasteiger partial charge is 0.379 e. The predicted molar refractivity (Wildman–Crippen MR) is 96.5 cm³/mol. The Bertz CT molecular complexity index is 403. The highest BCUT2D eigenvalue weighted by Crippen LogP contribution is 2.23. The molecule has 140 valence electrons. The molecule has 2 aliphatic heterocycles. The SMILES string of the molecule is CCNC(=NCC(OC)C(C)(C)C)N1CCOC(C2CCCO2)C1. The van der Waals surface area contributed by atoms with E-state index in [-0.39, 0.29) is 23.7 Å². The van der Waals surface area contributed by atoms with Crippen molar-refractivity contribution in [3.8, 4) is 0 Å². The minimum absolute atomic E-state index is 0.0702. The van der Waals surface area contributed by atoms with E-state index in [4.69, 9.17) is 19.2 Å². The molecule has 3 unspecified atom stereocenters. The number of morpholine rings is 1. The number of rotatable bonds is 5. The molecule has 6 heteroatoms. The molecule has 2 aliphatic rings. The summed E-state index contributed by atoms with van der Waals surface area (Å²) in [6.07, 6.45) is 2.71. The molecule has 0 aromatic carbocycles. The van der Waals surface area contributed by atoms with Gasteiger partial charge in [-0.3, -0.25) is 4.99 Å². The van der Waals surface area contributed by atoms with Crippen LogP contribution in [0.3, 0.4) is 0 Å². The summed E-state index contributed by atoms with van der Waals surface area (Å²) in [5, 5.41) is 3.42. The van der Waals surface area contributed by atoms with E-state index in [2.05, 4.69) is 37.9 Å². The lowest BCUT2D eigenvalue weighted by molar-refractivity contribution is -0.0817. The van der Waals surface area contributed by atoms with Crippen molar-refractivity contribution < 1.29 is 14.2 Å². The van der Waals surface area contributed by atoms with Gasteiger partial charge in [0.05, 0.1) is 25.4 Å². The van der Waals surface area contributed by atoms with Gasteiger partial charge in [-0.15, -0.1) is 0 Å². The smallest absolute Gasteiger partial charge is 0.194 e. The zero-order chi connectivity index (χ0) is 17.6. The van der Waals surface area contributed by atoms with Crippen LogP contribution >= 0.6 is 0 Å². The number of nitrogens with one attached hydrogen (secondary N) is 1. The molecule has 1 N–H and O–H groups in total. The lowest BCUT2D eigenvalue weighted by atomic mass is 9.89. The van der Waals surface area contributed by atoms with Crippen molar-refractivity contribution in [1.29, 1.82) is 0 Å². The number of ether oxygens (including phenoxy) is 3. The molecule has 2 fully saturated rings. The van der Waals surface area contributed by atoms with Gasteiger partial charge in [0, 0.05) is 33.4 Å². The molecule has 3 atom stereocenters. The van der Waals surface area contributed by atoms with Crippen LogP contribution in [-0.2, 0) is 14.2 Å². The van der Waals surface area contributed by atoms with Crippen LogP contribution in [0, 0.1) is 5.41 Å². The van der Waals surface area contributed by atoms with Crippen LogP contribution in [0.1, 0.15) is 40.5 Å². The van der Waals surface area contributed by atoms with E-state index in [1.165, 1.54) is 0 Å². The van der Waals surface area contributed by atoms with Crippen molar-refractivity contribution in [2.75, 3.05) is 46.5 Å². The molecular formula is C18H35N3O3. The molecule has 2 rings (SSSR count). The summed E-state index contributed by atoms with van der Waals surface area (Å²) in [7, 11) is 1.76. The molecule has 0 aliphatic carbocycles. The molecule has 2 heterocycles. The standard InChI is InChI=1S/C18H35N3O3/c1-6-19-17(20-12-16(22-5)18(2,3)4)21-9-11-24-15(13-21)14-8-7-10-23-14/h14-16H,6-13H2,1-5H3,(H,19,20). The van der Waals surface area contributed by atoms with Crippen LogP contribution in [-0.4, -0.2) is 75.7 Å². The van der Waals surface area contributed by atoms with Crippen molar-refractivity contribution in [2.24, 2.45) is 10.4 Å². The Balaban J connectivity index is 2.01. The molecule has 0 aromatic heterocycles. The number of hydrogen-bond acceptors (Lipinski definition) is 4. The lowest BCUT2D eigenvalue weighted by Gasteiger charge is -2.37. The fourth-order valence-electron chi connectivity index (χ4n) is 3.29. The second-order valence-corrected chi connectivity index (χ2v) is 7.69. The normalized spacial score (nSPS) is 27.4. The zero-order valence-corrected chi connectivity index (χ0v) is 16.0. The predicted octanol–water partition coefficient (Wildman–Crippen LogP) is 1.89. The molecular weight excluding hydrogens is 306 g/mol. The fourth-order valence-corrected chi connectivity index (χ4v) is 3.29. The van der Waals surface area contributed by atoms with Crippen LogP contribution < -0.4 is 5.32 Å². The summed E-state index contributed by atoms with van der Waals surface area (Å²) in [5.74, 6) is 0.954. The number of guanidine groups is 1. The van der Waals surface area contributed by atoms with E-state index in [1.54, 1.807) is 7.11 Å². The monoisotopic (exact) mass is 341 g/mol. The third-order valence-corrected chi connectivity index (χ3v) is 4.76. The van der Waals surface area contributed by atoms with E-state index in [1.807, 2.05) is 0 Å². The summed E-state index contributed by atoms with van der Waals surface area (Å²) >= 11 is 0.